The molecule has 5 heteroatoms. The molecule has 0 saturated heterocycles. The van der Waals surface area contributed by atoms with Crippen molar-refractivity contribution in [2.75, 3.05) is 5.32 Å². The third kappa shape index (κ3) is 3.28. The van der Waals surface area contributed by atoms with Crippen LogP contribution in [0.4, 0.5) is 5.69 Å². The Morgan fingerprint density at radius 2 is 2.10 bits per heavy atom. The van der Waals surface area contributed by atoms with Gasteiger partial charge in [0, 0.05) is 32.3 Å². The second kappa shape index (κ2) is 5.92. The van der Waals surface area contributed by atoms with Crippen LogP contribution in [0.25, 0.3) is 10.9 Å². The maximum atomic E-state index is 12.1. The highest BCUT2D eigenvalue weighted by Crippen LogP contribution is 2.23. The minimum Gasteiger partial charge on any atom is -0.361 e. The number of hydrogen-bond acceptors (Lipinski definition) is 1. The molecule has 2 N–H and O–H groups in total. The molecule has 3 aromatic rings. The molecule has 1 aromatic heterocycles. The number of amides is 1. The first kappa shape index (κ1) is 14.2. The molecule has 0 unspecified atom stereocenters. The summed E-state index contributed by atoms with van der Waals surface area (Å²) >= 11 is 9.34. The van der Waals surface area contributed by atoms with Crippen molar-refractivity contribution in [1.82, 2.24) is 4.98 Å². The Morgan fingerprint density at radius 1 is 1.24 bits per heavy atom. The van der Waals surface area contributed by atoms with E-state index in [0.29, 0.717) is 11.4 Å². The summed E-state index contributed by atoms with van der Waals surface area (Å²) in [4.78, 5) is 15.3. The number of benzene rings is 2. The second-order valence-electron chi connectivity index (χ2n) is 4.74. The highest BCUT2D eigenvalue weighted by Gasteiger charge is 2.09. The molecule has 0 bridgehead atoms. The fourth-order valence-electron chi connectivity index (χ4n) is 2.25. The maximum absolute atomic E-state index is 12.1. The smallest absolute Gasteiger partial charge is 0.228 e. The van der Waals surface area contributed by atoms with Gasteiger partial charge in [0.05, 0.1) is 6.42 Å². The molecule has 0 atom stereocenters. The normalized spacial score (nSPS) is 10.8. The number of anilines is 1. The van der Waals surface area contributed by atoms with Crippen LogP contribution < -0.4 is 5.32 Å². The summed E-state index contributed by atoms with van der Waals surface area (Å²) < 4.78 is 0.932. The Balaban J connectivity index is 1.77. The number of aromatic amines is 1. The Bertz CT molecular complexity index is 813. The zero-order valence-corrected chi connectivity index (χ0v) is 13.3. The van der Waals surface area contributed by atoms with Crippen molar-refractivity contribution in [3.05, 3.63) is 63.7 Å². The van der Waals surface area contributed by atoms with E-state index in [4.69, 9.17) is 11.6 Å². The van der Waals surface area contributed by atoms with Crippen LogP contribution in [0.5, 0.6) is 0 Å². The molecule has 21 heavy (non-hydrogen) atoms. The van der Waals surface area contributed by atoms with Crippen molar-refractivity contribution in [2.24, 2.45) is 0 Å². The number of fused-ring (bicyclic) bond motifs is 1. The molecule has 0 aliphatic heterocycles. The van der Waals surface area contributed by atoms with Crippen molar-refractivity contribution in [1.29, 1.82) is 0 Å². The number of halogens is 2. The number of nitrogens with one attached hydrogen (secondary N) is 2. The molecule has 1 heterocycles. The van der Waals surface area contributed by atoms with E-state index in [-0.39, 0.29) is 5.91 Å². The van der Waals surface area contributed by atoms with Gasteiger partial charge in [-0.15, -0.1) is 0 Å². The van der Waals surface area contributed by atoms with Gasteiger partial charge < -0.3 is 10.3 Å². The topological polar surface area (TPSA) is 44.9 Å². The van der Waals surface area contributed by atoms with Gasteiger partial charge in [-0.2, -0.15) is 0 Å². The number of rotatable bonds is 3. The zero-order chi connectivity index (χ0) is 14.8. The van der Waals surface area contributed by atoms with Crippen molar-refractivity contribution < 1.29 is 4.79 Å². The van der Waals surface area contributed by atoms with Crippen molar-refractivity contribution in [3.63, 3.8) is 0 Å². The molecule has 3 nitrogen and oxygen atoms in total. The number of carbonyl (C=O) groups is 1. The summed E-state index contributed by atoms with van der Waals surface area (Å²) in [5.41, 5.74) is 2.67. The van der Waals surface area contributed by atoms with Crippen molar-refractivity contribution in [2.45, 2.75) is 6.42 Å². The Hall–Kier alpha value is -1.78. The van der Waals surface area contributed by atoms with Gasteiger partial charge in [0.1, 0.15) is 0 Å². The number of carbonyl (C=O) groups excluding carboxylic acids is 1. The van der Waals surface area contributed by atoms with E-state index < -0.39 is 0 Å². The molecule has 0 saturated carbocycles. The lowest BCUT2D eigenvalue weighted by atomic mass is 10.1. The van der Waals surface area contributed by atoms with E-state index in [9.17, 15) is 4.79 Å². The molecule has 0 spiro atoms. The van der Waals surface area contributed by atoms with Crippen LogP contribution in [0.2, 0.25) is 5.02 Å². The lowest BCUT2D eigenvalue weighted by molar-refractivity contribution is -0.115. The lowest BCUT2D eigenvalue weighted by Gasteiger charge is -2.05. The molecule has 0 fully saturated rings. The quantitative estimate of drug-likeness (QED) is 0.692. The largest absolute Gasteiger partial charge is 0.361 e. The van der Waals surface area contributed by atoms with E-state index in [2.05, 4.69) is 26.2 Å². The third-order valence-corrected chi connectivity index (χ3v) is 3.92. The molecular weight excluding hydrogens is 352 g/mol. The monoisotopic (exact) mass is 362 g/mol. The van der Waals surface area contributed by atoms with Gasteiger partial charge in [-0.25, -0.2) is 0 Å². The van der Waals surface area contributed by atoms with Crippen molar-refractivity contribution in [3.8, 4) is 0 Å². The van der Waals surface area contributed by atoms with E-state index in [1.54, 1.807) is 0 Å². The van der Waals surface area contributed by atoms with Gasteiger partial charge in [0.2, 0.25) is 5.91 Å². The number of hydrogen-bond donors (Lipinski definition) is 2. The predicted octanol–water partition coefficient (Wildman–Crippen LogP) is 4.77. The molecule has 3 rings (SSSR count). The highest BCUT2D eigenvalue weighted by atomic mass is 79.9. The van der Waals surface area contributed by atoms with Crippen LogP contribution in [0.1, 0.15) is 5.56 Å². The third-order valence-electron chi connectivity index (χ3n) is 3.19. The first-order valence-corrected chi connectivity index (χ1v) is 7.60. The summed E-state index contributed by atoms with van der Waals surface area (Å²) in [7, 11) is 0. The summed E-state index contributed by atoms with van der Waals surface area (Å²) in [5.74, 6) is -0.0519. The number of aromatic nitrogens is 1. The Morgan fingerprint density at radius 3 is 2.90 bits per heavy atom. The van der Waals surface area contributed by atoms with E-state index >= 15 is 0 Å². The number of H-pyrrole nitrogens is 1. The lowest BCUT2D eigenvalue weighted by Crippen LogP contribution is -2.14. The summed E-state index contributed by atoms with van der Waals surface area (Å²) in [6.45, 7) is 0. The Labute approximate surface area is 135 Å². The SMILES string of the molecule is O=C(Cc1c[nH]c2cc(Cl)ccc12)Nc1cccc(Br)c1. The Kier molecular flexibility index (Phi) is 3.99. The van der Waals surface area contributed by atoms with E-state index in [0.717, 1.165) is 26.6 Å². The fourth-order valence-corrected chi connectivity index (χ4v) is 2.82. The van der Waals surface area contributed by atoms with Gasteiger partial charge in [-0.3, -0.25) is 4.79 Å². The van der Waals surface area contributed by atoms with Gasteiger partial charge in [0.15, 0.2) is 0 Å². The average Bonchev–Trinajstić information content (AvgIpc) is 2.81. The van der Waals surface area contributed by atoms with Crippen molar-refractivity contribution >= 4 is 50.0 Å². The van der Waals surface area contributed by atoms with Gasteiger partial charge in [-0.05, 0) is 35.9 Å². The standard InChI is InChI=1S/C16H12BrClN2O/c17-11-2-1-3-13(7-11)20-16(21)6-10-9-19-15-8-12(18)4-5-14(10)15/h1-5,7-9,19H,6H2,(H,20,21). The van der Waals surface area contributed by atoms with Crippen LogP contribution in [0.3, 0.4) is 0 Å². The van der Waals surface area contributed by atoms with Gasteiger partial charge >= 0.3 is 0 Å². The molecule has 0 aliphatic rings. The molecular formula is C16H12BrClN2O. The summed E-state index contributed by atoms with van der Waals surface area (Å²) in [5, 5.41) is 4.58. The fraction of sp³-hybridized carbons (Fsp3) is 0.0625. The van der Waals surface area contributed by atoms with Crippen LogP contribution in [0, 0.1) is 0 Å². The molecule has 106 valence electrons. The first-order chi connectivity index (χ1) is 10.1. The average molecular weight is 364 g/mol. The molecule has 1 amide bonds. The van der Waals surface area contributed by atoms with Gasteiger partial charge in [0.25, 0.3) is 0 Å². The summed E-state index contributed by atoms with van der Waals surface area (Å²) in [6.07, 6.45) is 2.16. The van der Waals surface area contributed by atoms with Crippen LogP contribution in [-0.2, 0) is 11.2 Å². The summed E-state index contributed by atoms with van der Waals surface area (Å²) in [6, 6.07) is 13.1. The van der Waals surface area contributed by atoms with Crippen LogP contribution >= 0.6 is 27.5 Å². The van der Waals surface area contributed by atoms with Crippen LogP contribution in [0.15, 0.2) is 53.1 Å². The minimum absolute atomic E-state index is 0.0519. The van der Waals surface area contributed by atoms with E-state index in [1.807, 2.05) is 48.7 Å². The predicted molar refractivity (Wildman–Crippen MR) is 89.8 cm³/mol. The first-order valence-electron chi connectivity index (χ1n) is 6.43. The molecule has 0 aliphatic carbocycles. The second-order valence-corrected chi connectivity index (χ2v) is 6.09. The highest BCUT2D eigenvalue weighted by molar-refractivity contribution is 9.10. The van der Waals surface area contributed by atoms with E-state index in [1.165, 1.54) is 0 Å². The maximum Gasteiger partial charge on any atom is 0.228 e. The van der Waals surface area contributed by atoms with Crippen LogP contribution in [-0.4, -0.2) is 10.9 Å². The molecule has 2 aromatic carbocycles. The minimum atomic E-state index is -0.0519. The van der Waals surface area contributed by atoms with Gasteiger partial charge in [-0.1, -0.05) is 39.7 Å². The molecule has 0 radical (unpaired) electrons. The zero-order valence-electron chi connectivity index (χ0n) is 11.0.